The molecule has 1 atom stereocenters. The maximum absolute atomic E-state index is 13.4. The topological polar surface area (TPSA) is 55.3 Å². The molecule has 0 spiro atoms. The van der Waals surface area contributed by atoms with Crippen molar-refractivity contribution in [2.75, 3.05) is 26.3 Å². The van der Waals surface area contributed by atoms with Gasteiger partial charge in [0.2, 0.25) is 0 Å². The van der Waals surface area contributed by atoms with Crippen molar-refractivity contribution in [1.29, 1.82) is 0 Å². The number of carbonyl (C=O) groups excluding carboxylic acids is 1. The molecule has 138 valence electrons. The summed E-state index contributed by atoms with van der Waals surface area (Å²) in [6, 6.07) is 13.6. The second kappa shape index (κ2) is 7.84. The summed E-state index contributed by atoms with van der Waals surface area (Å²) < 4.78 is 5.48. The molecule has 5 nitrogen and oxygen atoms in total. The molecule has 1 saturated heterocycles. The Morgan fingerprint density at radius 3 is 2.78 bits per heavy atom. The number of aromatic nitrogens is 2. The summed E-state index contributed by atoms with van der Waals surface area (Å²) in [5, 5.41) is 0.890. The Morgan fingerprint density at radius 2 is 2.04 bits per heavy atom. The number of ether oxygens (including phenoxy) is 1. The lowest BCUT2D eigenvalue weighted by Gasteiger charge is -2.24. The SMILES string of the molecule is CCN(CC1CCOC1)C(=O)c1cc(-c2ccncc2)nc2ccccc12. The maximum atomic E-state index is 13.4. The second-order valence-corrected chi connectivity index (χ2v) is 6.88. The summed E-state index contributed by atoms with van der Waals surface area (Å²) in [6.45, 7) is 4.97. The van der Waals surface area contributed by atoms with Crippen molar-refractivity contribution in [3.63, 3.8) is 0 Å². The van der Waals surface area contributed by atoms with E-state index in [0.717, 1.165) is 48.3 Å². The summed E-state index contributed by atoms with van der Waals surface area (Å²) in [5.74, 6) is 0.472. The zero-order valence-electron chi connectivity index (χ0n) is 15.5. The molecule has 5 heteroatoms. The van der Waals surface area contributed by atoms with E-state index >= 15 is 0 Å². The predicted molar refractivity (Wildman–Crippen MR) is 105 cm³/mol. The van der Waals surface area contributed by atoms with Gasteiger partial charge in [-0.2, -0.15) is 0 Å². The Labute approximate surface area is 159 Å². The number of pyridine rings is 2. The first-order valence-corrected chi connectivity index (χ1v) is 9.43. The van der Waals surface area contributed by atoms with Crippen LogP contribution >= 0.6 is 0 Å². The van der Waals surface area contributed by atoms with Crippen LogP contribution in [0.1, 0.15) is 23.7 Å². The van der Waals surface area contributed by atoms with Crippen molar-refractivity contribution in [2.24, 2.45) is 5.92 Å². The van der Waals surface area contributed by atoms with Crippen LogP contribution in [0.15, 0.2) is 54.9 Å². The second-order valence-electron chi connectivity index (χ2n) is 6.88. The van der Waals surface area contributed by atoms with Crippen LogP contribution in [-0.2, 0) is 4.74 Å². The third-order valence-electron chi connectivity index (χ3n) is 5.09. The van der Waals surface area contributed by atoms with Gasteiger partial charge >= 0.3 is 0 Å². The van der Waals surface area contributed by atoms with Crippen LogP contribution in [0.3, 0.4) is 0 Å². The van der Waals surface area contributed by atoms with Crippen LogP contribution in [-0.4, -0.2) is 47.1 Å². The number of carbonyl (C=O) groups is 1. The molecule has 0 saturated carbocycles. The minimum atomic E-state index is 0.0540. The predicted octanol–water partition coefficient (Wildman–Crippen LogP) is 3.80. The van der Waals surface area contributed by atoms with E-state index in [1.54, 1.807) is 12.4 Å². The van der Waals surface area contributed by atoms with Gasteiger partial charge in [0, 0.05) is 49.0 Å². The molecule has 4 rings (SSSR count). The number of hydrogen-bond acceptors (Lipinski definition) is 4. The zero-order valence-corrected chi connectivity index (χ0v) is 15.5. The first-order valence-electron chi connectivity index (χ1n) is 9.43. The molecule has 3 aromatic rings. The Hall–Kier alpha value is -2.79. The fourth-order valence-electron chi connectivity index (χ4n) is 3.59. The highest BCUT2D eigenvalue weighted by molar-refractivity contribution is 6.07. The van der Waals surface area contributed by atoms with Crippen molar-refractivity contribution in [1.82, 2.24) is 14.9 Å². The Morgan fingerprint density at radius 1 is 1.22 bits per heavy atom. The summed E-state index contributed by atoms with van der Waals surface area (Å²) in [7, 11) is 0. The third-order valence-corrected chi connectivity index (χ3v) is 5.09. The van der Waals surface area contributed by atoms with Crippen LogP contribution in [0.4, 0.5) is 0 Å². The van der Waals surface area contributed by atoms with Crippen molar-refractivity contribution >= 4 is 16.8 Å². The fraction of sp³-hybridized carbons (Fsp3) is 0.318. The number of hydrogen-bond donors (Lipinski definition) is 0. The Bertz CT molecular complexity index is 937. The molecular weight excluding hydrogens is 338 g/mol. The number of para-hydroxylation sites is 1. The molecular formula is C22H23N3O2. The number of amides is 1. The van der Waals surface area contributed by atoms with Gasteiger partial charge in [-0.25, -0.2) is 4.98 Å². The summed E-state index contributed by atoms with van der Waals surface area (Å²) in [4.78, 5) is 24.2. The standard InChI is InChI=1S/C22H23N3O2/c1-2-25(14-16-9-12-27-15-16)22(26)19-13-21(17-7-10-23-11-8-17)24-20-6-4-3-5-18(19)20/h3-8,10-11,13,16H,2,9,12,14-15H2,1H3. The largest absolute Gasteiger partial charge is 0.381 e. The molecule has 0 bridgehead atoms. The van der Waals surface area contributed by atoms with Crippen molar-refractivity contribution in [3.8, 4) is 11.3 Å². The van der Waals surface area contributed by atoms with Crippen LogP contribution in [0.5, 0.6) is 0 Å². The average Bonchev–Trinajstić information content (AvgIpc) is 3.24. The molecule has 1 aromatic carbocycles. The highest BCUT2D eigenvalue weighted by atomic mass is 16.5. The molecule has 1 aliphatic heterocycles. The van der Waals surface area contributed by atoms with Crippen LogP contribution in [0, 0.1) is 5.92 Å². The molecule has 1 amide bonds. The van der Waals surface area contributed by atoms with E-state index in [0.29, 0.717) is 18.0 Å². The molecule has 2 aromatic heterocycles. The third kappa shape index (κ3) is 3.69. The molecule has 0 N–H and O–H groups in total. The van der Waals surface area contributed by atoms with Crippen molar-refractivity contribution in [3.05, 3.63) is 60.4 Å². The monoisotopic (exact) mass is 361 g/mol. The van der Waals surface area contributed by atoms with Crippen molar-refractivity contribution in [2.45, 2.75) is 13.3 Å². The Kier molecular flexibility index (Phi) is 5.12. The van der Waals surface area contributed by atoms with Crippen LogP contribution < -0.4 is 0 Å². The Balaban J connectivity index is 1.75. The minimum Gasteiger partial charge on any atom is -0.381 e. The number of rotatable bonds is 5. The van der Waals surface area contributed by atoms with Crippen LogP contribution in [0.2, 0.25) is 0 Å². The van der Waals surface area contributed by atoms with E-state index in [1.165, 1.54) is 0 Å². The zero-order chi connectivity index (χ0) is 18.6. The summed E-state index contributed by atoms with van der Waals surface area (Å²) >= 11 is 0. The number of fused-ring (bicyclic) bond motifs is 1. The van der Waals surface area contributed by atoms with Gasteiger partial charge in [-0.1, -0.05) is 18.2 Å². The van der Waals surface area contributed by atoms with Gasteiger partial charge in [0.1, 0.15) is 0 Å². The van der Waals surface area contributed by atoms with Gasteiger partial charge in [0.05, 0.1) is 23.4 Å². The smallest absolute Gasteiger partial charge is 0.254 e. The molecule has 3 heterocycles. The van der Waals surface area contributed by atoms with Gasteiger partial charge in [-0.15, -0.1) is 0 Å². The van der Waals surface area contributed by atoms with Gasteiger partial charge in [0.15, 0.2) is 0 Å². The average molecular weight is 361 g/mol. The van der Waals surface area contributed by atoms with Gasteiger partial charge in [-0.3, -0.25) is 9.78 Å². The first-order chi connectivity index (χ1) is 13.3. The van der Waals surface area contributed by atoms with E-state index in [-0.39, 0.29) is 5.91 Å². The molecule has 1 aliphatic rings. The number of benzene rings is 1. The summed E-state index contributed by atoms with van der Waals surface area (Å²) in [6.07, 6.45) is 4.50. The van der Waals surface area contributed by atoms with E-state index in [9.17, 15) is 4.79 Å². The molecule has 0 radical (unpaired) electrons. The molecule has 1 fully saturated rings. The molecule has 0 aliphatic carbocycles. The number of nitrogens with zero attached hydrogens (tertiary/aromatic N) is 3. The van der Waals surface area contributed by atoms with E-state index in [4.69, 9.17) is 9.72 Å². The minimum absolute atomic E-state index is 0.0540. The fourth-order valence-corrected chi connectivity index (χ4v) is 3.59. The van der Waals surface area contributed by atoms with Crippen molar-refractivity contribution < 1.29 is 9.53 Å². The lowest BCUT2D eigenvalue weighted by Crippen LogP contribution is -2.35. The molecule has 27 heavy (non-hydrogen) atoms. The van der Waals surface area contributed by atoms with Gasteiger partial charge in [0.25, 0.3) is 5.91 Å². The van der Waals surface area contributed by atoms with Crippen LogP contribution in [0.25, 0.3) is 22.2 Å². The van der Waals surface area contributed by atoms with E-state index in [2.05, 4.69) is 4.98 Å². The quantitative estimate of drug-likeness (QED) is 0.694. The molecule has 1 unspecified atom stereocenters. The normalized spacial score (nSPS) is 16.6. The highest BCUT2D eigenvalue weighted by Gasteiger charge is 2.24. The maximum Gasteiger partial charge on any atom is 0.254 e. The lowest BCUT2D eigenvalue weighted by molar-refractivity contribution is 0.0733. The van der Waals surface area contributed by atoms with E-state index < -0.39 is 0 Å². The highest BCUT2D eigenvalue weighted by Crippen LogP contribution is 2.26. The van der Waals surface area contributed by atoms with Gasteiger partial charge < -0.3 is 9.64 Å². The lowest BCUT2D eigenvalue weighted by atomic mass is 10.0. The van der Waals surface area contributed by atoms with Gasteiger partial charge in [-0.05, 0) is 37.6 Å². The first kappa shape index (κ1) is 17.6. The van der Waals surface area contributed by atoms with E-state index in [1.807, 2.05) is 54.3 Å². The summed E-state index contributed by atoms with van der Waals surface area (Å²) in [5.41, 5.74) is 3.28.